The first-order chi connectivity index (χ1) is 10.8. The van der Waals surface area contributed by atoms with E-state index in [0.717, 1.165) is 28.0 Å². The molecule has 0 bridgehead atoms. The standard InChI is InChI=1S/C14H18N6S2.HI/c1-3-11-7-16-12(22-11)8-18-13(15-2)17-6-10-9-20-4-5-21-14(20)19-10;/h4-5,7,9H,3,6,8H2,1-2H3,(H2,15,17,18);1H. The first-order valence-corrected chi connectivity index (χ1v) is 8.77. The summed E-state index contributed by atoms with van der Waals surface area (Å²) in [7, 11) is 1.76. The molecule has 0 amide bonds. The van der Waals surface area contributed by atoms with E-state index in [0.29, 0.717) is 13.1 Å². The number of aliphatic imine (C=N–C) groups is 1. The minimum atomic E-state index is 0. The van der Waals surface area contributed by atoms with Crippen LogP contribution in [0.4, 0.5) is 0 Å². The first kappa shape index (κ1) is 18.1. The molecule has 23 heavy (non-hydrogen) atoms. The Balaban J connectivity index is 0.00000192. The summed E-state index contributed by atoms with van der Waals surface area (Å²) in [4.78, 5) is 15.5. The minimum absolute atomic E-state index is 0. The molecule has 3 aromatic rings. The Morgan fingerprint density at radius 3 is 2.87 bits per heavy atom. The average Bonchev–Trinajstić information content (AvgIpc) is 3.22. The monoisotopic (exact) mass is 462 g/mol. The molecule has 6 nitrogen and oxygen atoms in total. The lowest BCUT2D eigenvalue weighted by atomic mass is 10.4. The van der Waals surface area contributed by atoms with Gasteiger partial charge in [0.15, 0.2) is 10.9 Å². The van der Waals surface area contributed by atoms with Gasteiger partial charge in [-0.25, -0.2) is 9.97 Å². The van der Waals surface area contributed by atoms with Gasteiger partial charge < -0.3 is 10.6 Å². The lowest BCUT2D eigenvalue weighted by molar-refractivity contribution is 0.795. The van der Waals surface area contributed by atoms with Crippen molar-refractivity contribution >= 4 is 57.6 Å². The number of halogens is 1. The molecule has 0 radical (unpaired) electrons. The summed E-state index contributed by atoms with van der Waals surface area (Å²) in [6, 6.07) is 0. The number of guanidine groups is 1. The smallest absolute Gasteiger partial charge is 0.193 e. The zero-order chi connectivity index (χ0) is 15.4. The van der Waals surface area contributed by atoms with E-state index in [1.165, 1.54) is 4.88 Å². The van der Waals surface area contributed by atoms with Crippen LogP contribution in [-0.2, 0) is 19.5 Å². The van der Waals surface area contributed by atoms with E-state index in [9.17, 15) is 0 Å². The van der Waals surface area contributed by atoms with E-state index in [1.807, 2.05) is 28.4 Å². The molecule has 0 aromatic carbocycles. The number of nitrogens with one attached hydrogen (secondary N) is 2. The second-order valence-electron chi connectivity index (χ2n) is 4.68. The van der Waals surface area contributed by atoms with Gasteiger partial charge in [-0.3, -0.25) is 9.39 Å². The predicted molar refractivity (Wildman–Crippen MR) is 107 cm³/mol. The molecule has 0 atom stereocenters. The van der Waals surface area contributed by atoms with Crippen molar-refractivity contribution in [1.82, 2.24) is 25.0 Å². The van der Waals surface area contributed by atoms with Crippen LogP contribution in [-0.4, -0.2) is 27.4 Å². The number of aromatic nitrogens is 3. The molecule has 3 aromatic heterocycles. The van der Waals surface area contributed by atoms with Crippen molar-refractivity contribution in [3.05, 3.63) is 39.5 Å². The highest BCUT2D eigenvalue weighted by molar-refractivity contribution is 14.0. The van der Waals surface area contributed by atoms with E-state index in [-0.39, 0.29) is 24.0 Å². The van der Waals surface area contributed by atoms with E-state index in [4.69, 9.17) is 0 Å². The molecule has 3 heterocycles. The normalized spacial score (nSPS) is 11.5. The van der Waals surface area contributed by atoms with E-state index < -0.39 is 0 Å². The molecule has 0 aliphatic rings. The second-order valence-corrected chi connectivity index (χ2v) is 6.75. The minimum Gasteiger partial charge on any atom is -0.351 e. The Morgan fingerprint density at radius 1 is 1.35 bits per heavy atom. The van der Waals surface area contributed by atoms with E-state index in [1.54, 1.807) is 29.7 Å². The van der Waals surface area contributed by atoms with Gasteiger partial charge in [-0.05, 0) is 6.42 Å². The van der Waals surface area contributed by atoms with Gasteiger partial charge in [0, 0.05) is 35.9 Å². The maximum absolute atomic E-state index is 4.54. The fraction of sp³-hybridized carbons (Fsp3) is 0.357. The molecule has 124 valence electrons. The molecule has 0 aliphatic carbocycles. The lowest BCUT2D eigenvalue weighted by Crippen LogP contribution is -2.36. The van der Waals surface area contributed by atoms with Crippen LogP contribution >= 0.6 is 46.7 Å². The third-order valence-corrected chi connectivity index (χ3v) is 5.07. The highest BCUT2D eigenvalue weighted by Gasteiger charge is 2.05. The molecule has 2 N–H and O–H groups in total. The number of hydrogen-bond donors (Lipinski definition) is 2. The molecule has 0 unspecified atom stereocenters. The van der Waals surface area contributed by atoms with Gasteiger partial charge in [0.25, 0.3) is 0 Å². The van der Waals surface area contributed by atoms with Crippen molar-refractivity contribution in [2.75, 3.05) is 7.05 Å². The van der Waals surface area contributed by atoms with Crippen molar-refractivity contribution < 1.29 is 0 Å². The summed E-state index contributed by atoms with van der Waals surface area (Å²) < 4.78 is 2.03. The van der Waals surface area contributed by atoms with Crippen molar-refractivity contribution in [3.63, 3.8) is 0 Å². The first-order valence-electron chi connectivity index (χ1n) is 7.07. The highest BCUT2D eigenvalue weighted by Crippen LogP contribution is 2.13. The Kier molecular flexibility index (Phi) is 6.78. The molecule has 0 aliphatic heterocycles. The largest absolute Gasteiger partial charge is 0.351 e. The highest BCUT2D eigenvalue weighted by atomic mass is 127. The average molecular weight is 462 g/mol. The third-order valence-electron chi connectivity index (χ3n) is 3.16. The summed E-state index contributed by atoms with van der Waals surface area (Å²) >= 11 is 3.36. The van der Waals surface area contributed by atoms with Crippen LogP contribution in [0.25, 0.3) is 4.96 Å². The number of hydrogen-bond acceptors (Lipinski definition) is 5. The number of fused-ring (bicyclic) bond motifs is 1. The fourth-order valence-corrected chi connectivity index (χ4v) is 3.53. The van der Waals surface area contributed by atoms with Crippen molar-refractivity contribution in [3.8, 4) is 0 Å². The molecular formula is C14H19IN6S2. The Hall–Kier alpha value is -1.20. The molecule has 0 saturated carbocycles. The topological polar surface area (TPSA) is 66.6 Å². The Labute approximate surface area is 160 Å². The van der Waals surface area contributed by atoms with Gasteiger partial charge in [-0.15, -0.1) is 46.7 Å². The van der Waals surface area contributed by atoms with Gasteiger partial charge in [0.2, 0.25) is 0 Å². The fourth-order valence-electron chi connectivity index (χ4n) is 2.01. The van der Waals surface area contributed by atoms with Crippen LogP contribution in [0, 0.1) is 0 Å². The number of rotatable bonds is 5. The van der Waals surface area contributed by atoms with Crippen molar-refractivity contribution in [2.24, 2.45) is 4.99 Å². The summed E-state index contributed by atoms with van der Waals surface area (Å²) in [6.45, 7) is 3.47. The number of nitrogens with zero attached hydrogens (tertiary/aromatic N) is 4. The molecule has 0 saturated heterocycles. The molecule has 3 rings (SSSR count). The zero-order valence-corrected chi connectivity index (χ0v) is 16.9. The molecule has 0 spiro atoms. The molecular weight excluding hydrogens is 443 g/mol. The second kappa shape index (κ2) is 8.60. The predicted octanol–water partition coefficient (Wildman–Crippen LogP) is 2.90. The van der Waals surface area contributed by atoms with Crippen LogP contribution in [0.15, 0.2) is 29.0 Å². The van der Waals surface area contributed by atoms with Gasteiger partial charge in [0.1, 0.15) is 5.01 Å². The summed E-state index contributed by atoms with van der Waals surface area (Å²) in [6.07, 6.45) is 7.01. The zero-order valence-electron chi connectivity index (χ0n) is 12.9. The molecule has 9 heteroatoms. The van der Waals surface area contributed by atoms with Crippen molar-refractivity contribution in [1.29, 1.82) is 0 Å². The van der Waals surface area contributed by atoms with Gasteiger partial charge >= 0.3 is 0 Å². The number of aryl methyl sites for hydroxylation is 1. The van der Waals surface area contributed by atoms with Gasteiger partial charge in [0.05, 0.1) is 18.8 Å². The van der Waals surface area contributed by atoms with Crippen LogP contribution in [0.1, 0.15) is 22.5 Å². The van der Waals surface area contributed by atoms with Crippen LogP contribution in [0.5, 0.6) is 0 Å². The van der Waals surface area contributed by atoms with E-state index >= 15 is 0 Å². The molecule has 0 fully saturated rings. The Morgan fingerprint density at radius 2 is 2.17 bits per heavy atom. The van der Waals surface area contributed by atoms with Gasteiger partial charge in [-0.2, -0.15) is 0 Å². The lowest BCUT2D eigenvalue weighted by Gasteiger charge is -2.09. The van der Waals surface area contributed by atoms with Crippen molar-refractivity contribution in [2.45, 2.75) is 26.4 Å². The Bertz CT molecular complexity index is 747. The summed E-state index contributed by atoms with van der Waals surface area (Å²) in [5, 5.41) is 9.65. The van der Waals surface area contributed by atoms with Crippen LogP contribution in [0.2, 0.25) is 0 Å². The quantitative estimate of drug-likeness (QED) is 0.348. The maximum Gasteiger partial charge on any atom is 0.193 e. The maximum atomic E-state index is 4.54. The summed E-state index contributed by atoms with van der Waals surface area (Å²) in [5.41, 5.74) is 0.998. The number of thiazole rings is 2. The van der Waals surface area contributed by atoms with Crippen LogP contribution in [0.3, 0.4) is 0 Å². The number of imidazole rings is 1. The SMILES string of the molecule is CCc1cnc(CNC(=NC)NCc2cn3ccsc3n2)s1.I. The van der Waals surface area contributed by atoms with Gasteiger partial charge in [-0.1, -0.05) is 6.92 Å². The van der Waals surface area contributed by atoms with E-state index in [2.05, 4.69) is 32.5 Å². The summed E-state index contributed by atoms with van der Waals surface area (Å²) in [5.74, 6) is 0.754. The third kappa shape index (κ3) is 4.64. The van der Waals surface area contributed by atoms with Crippen LogP contribution < -0.4 is 10.6 Å².